The third kappa shape index (κ3) is 2.38. The first-order chi connectivity index (χ1) is 7.02. The highest BCUT2D eigenvalue weighted by molar-refractivity contribution is 5.75. The van der Waals surface area contributed by atoms with Crippen LogP contribution in [0.1, 0.15) is 12.8 Å². The normalized spacial score (nSPS) is 19.9. The van der Waals surface area contributed by atoms with Crippen LogP contribution >= 0.6 is 0 Å². The van der Waals surface area contributed by atoms with Gasteiger partial charge in [0.05, 0.1) is 12.0 Å². The molecule has 0 aromatic rings. The molecule has 1 aliphatic heterocycles. The maximum atomic E-state index is 11.1. The first-order valence-corrected chi connectivity index (χ1v) is 4.72. The van der Waals surface area contributed by atoms with Gasteiger partial charge in [0.2, 0.25) is 0 Å². The number of methoxy groups -OCH3 is 1. The number of ether oxygens (including phenoxy) is 1. The molecule has 0 bridgehead atoms. The Bertz CT molecular complexity index is 257. The van der Waals surface area contributed by atoms with Crippen LogP contribution in [0.15, 0.2) is 0 Å². The van der Waals surface area contributed by atoms with Gasteiger partial charge in [-0.15, -0.1) is 0 Å². The summed E-state index contributed by atoms with van der Waals surface area (Å²) in [4.78, 5) is 23.0. The van der Waals surface area contributed by atoms with Crippen molar-refractivity contribution < 1.29 is 24.5 Å². The van der Waals surface area contributed by atoms with E-state index in [4.69, 9.17) is 14.9 Å². The third-order valence-corrected chi connectivity index (χ3v) is 2.87. The van der Waals surface area contributed by atoms with E-state index in [0.717, 1.165) is 0 Å². The summed E-state index contributed by atoms with van der Waals surface area (Å²) in [6, 6.07) is 0. The Morgan fingerprint density at radius 3 is 2.20 bits per heavy atom. The lowest BCUT2D eigenvalue weighted by Gasteiger charge is -2.37. The summed E-state index contributed by atoms with van der Waals surface area (Å²) in [5.41, 5.74) is -0.916. The van der Waals surface area contributed by atoms with Crippen molar-refractivity contribution in [2.24, 2.45) is 5.41 Å². The molecule has 0 radical (unpaired) electrons. The number of hydrogen-bond donors (Lipinski definition) is 2. The summed E-state index contributed by atoms with van der Waals surface area (Å²) in [5, 5.41) is 17.8. The van der Waals surface area contributed by atoms with E-state index in [1.54, 1.807) is 0 Å². The molecule has 0 aliphatic carbocycles. The molecule has 1 fully saturated rings. The van der Waals surface area contributed by atoms with Crippen molar-refractivity contribution in [3.63, 3.8) is 0 Å². The van der Waals surface area contributed by atoms with Gasteiger partial charge in [-0.1, -0.05) is 0 Å². The Morgan fingerprint density at radius 2 is 1.87 bits per heavy atom. The smallest absolute Gasteiger partial charge is 0.407 e. The zero-order valence-electron chi connectivity index (χ0n) is 8.60. The second kappa shape index (κ2) is 4.48. The fraction of sp³-hybridized carbons (Fsp3) is 0.778. The van der Waals surface area contributed by atoms with Gasteiger partial charge in [-0.25, -0.2) is 4.79 Å². The summed E-state index contributed by atoms with van der Waals surface area (Å²) < 4.78 is 4.89. The van der Waals surface area contributed by atoms with Crippen molar-refractivity contribution >= 4 is 12.1 Å². The average Bonchev–Trinajstić information content (AvgIpc) is 2.18. The lowest BCUT2D eigenvalue weighted by Crippen LogP contribution is -2.48. The molecular formula is C9H15NO5. The minimum absolute atomic E-state index is 0.135. The maximum Gasteiger partial charge on any atom is 0.407 e. The molecule has 86 valence electrons. The van der Waals surface area contributed by atoms with Crippen LogP contribution < -0.4 is 0 Å². The summed E-state index contributed by atoms with van der Waals surface area (Å²) in [6.45, 7) is 0.645. The molecule has 1 saturated heterocycles. The number of carboxylic acid groups (broad SMARTS) is 2. The van der Waals surface area contributed by atoms with Crippen LogP contribution in [0.4, 0.5) is 4.79 Å². The van der Waals surface area contributed by atoms with E-state index in [-0.39, 0.29) is 19.7 Å². The van der Waals surface area contributed by atoms with Crippen molar-refractivity contribution in [1.82, 2.24) is 4.90 Å². The summed E-state index contributed by atoms with van der Waals surface area (Å²) >= 11 is 0. The van der Waals surface area contributed by atoms with Gasteiger partial charge in [0.25, 0.3) is 0 Å². The zero-order valence-corrected chi connectivity index (χ0v) is 8.60. The van der Waals surface area contributed by atoms with Crippen LogP contribution in [0.3, 0.4) is 0 Å². The quantitative estimate of drug-likeness (QED) is 0.717. The van der Waals surface area contributed by atoms with Crippen LogP contribution in [0.2, 0.25) is 0 Å². The molecule has 1 heterocycles. The number of piperidine rings is 1. The van der Waals surface area contributed by atoms with Gasteiger partial charge >= 0.3 is 12.1 Å². The molecule has 6 nitrogen and oxygen atoms in total. The molecule has 1 aliphatic rings. The minimum atomic E-state index is -0.994. The monoisotopic (exact) mass is 217 g/mol. The van der Waals surface area contributed by atoms with Crippen molar-refractivity contribution in [3.05, 3.63) is 0 Å². The lowest BCUT2D eigenvalue weighted by molar-refractivity contribution is -0.155. The van der Waals surface area contributed by atoms with Crippen molar-refractivity contribution in [3.8, 4) is 0 Å². The summed E-state index contributed by atoms with van der Waals surface area (Å²) in [7, 11) is 1.45. The maximum absolute atomic E-state index is 11.1. The molecule has 2 N–H and O–H groups in total. The predicted octanol–water partition coefficient (Wildman–Crippen LogP) is 0.478. The molecule has 1 amide bonds. The fourth-order valence-electron chi connectivity index (χ4n) is 1.82. The Hall–Kier alpha value is -1.30. The average molecular weight is 217 g/mol. The number of aliphatic carboxylic acids is 1. The molecule has 6 heteroatoms. The van der Waals surface area contributed by atoms with Gasteiger partial charge in [-0.2, -0.15) is 0 Å². The topological polar surface area (TPSA) is 87.1 Å². The molecule has 0 aromatic carbocycles. The molecule has 15 heavy (non-hydrogen) atoms. The van der Waals surface area contributed by atoms with Gasteiger partial charge in [0.1, 0.15) is 0 Å². The summed E-state index contributed by atoms with van der Waals surface area (Å²) in [5.74, 6) is -0.908. The highest BCUT2D eigenvalue weighted by Gasteiger charge is 2.42. The van der Waals surface area contributed by atoms with Crippen LogP contribution in [0.25, 0.3) is 0 Å². The van der Waals surface area contributed by atoms with Crippen molar-refractivity contribution in [2.75, 3.05) is 26.8 Å². The van der Waals surface area contributed by atoms with Crippen LogP contribution in [-0.2, 0) is 9.53 Å². The first-order valence-electron chi connectivity index (χ1n) is 4.72. The van der Waals surface area contributed by atoms with Crippen molar-refractivity contribution in [1.29, 1.82) is 0 Å². The fourth-order valence-corrected chi connectivity index (χ4v) is 1.82. The first kappa shape index (κ1) is 11.8. The third-order valence-electron chi connectivity index (χ3n) is 2.87. The number of rotatable bonds is 3. The van der Waals surface area contributed by atoms with Gasteiger partial charge in [-0.05, 0) is 12.8 Å². The molecule has 0 unspecified atom stereocenters. The van der Waals surface area contributed by atoms with Gasteiger partial charge in [0, 0.05) is 20.2 Å². The van der Waals surface area contributed by atoms with Crippen LogP contribution in [-0.4, -0.2) is 54.0 Å². The predicted molar refractivity (Wildman–Crippen MR) is 50.8 cm³/mol. The van der Waals surface area contributed by atoms with E-state index in [1.165, 1.54) is 12.0 Å². The lowest BCUT2D eigenvalue weighted by atomic mass is 9.79. The number of hydrogen-bond acceptors (Lipinski definition) is 3. The number of likely N-dealkylation sites (tertiary alicyclic amines) is 1. The SMILES string of the molecule is COCC1(C(=O)O)CCN(C(=O)O)CC1. The molecule has 1 rings (SSSR count). The standard InChI is InChI=1S/C9H15NO5/c1-15-6-9(7(11)12)2-4-10(5-3-9)8(13)14/h2-6H2,1H3,(H,11,12)(H,13,14). The second-order valence-corrected chi connectivity index (χ2v) is 3.79. The van der Waals surface area contributed by atoms with Crippen molar-refractivity contribution in [2.45, 2.75) is 12.8 Å². The highest BCUT2D eigenvalue weighted by atomic mass is 16.5. The Labute approximate surface area is 87.4 Å². The van der Waals surface area contributed by atoms with Crippen LogP contribution in [0, 0.1) is 5.41 Å². The highest BCUT2D eigenvalue weighted by Crippen LogP contribution is 2.32. The molecule has 0 atom stereocenters. The number of nitrogens with zero attached hydrogens (tertiary/aromatic N) is 1. The van der Waals surface area contributed by atoms with Gasteiger partial charge in [0.15, 0.2) is 0 Å². The number of amides is 1. The van der Waals surface area contributed by atoms with E-state index in [9.17, 15) is 9.59 Å². The Balaban J connectivity index is 2.65. The van der Waals surface area contributed by atoms with E-state index in [1.807, 2.05) is 0 Å². The molecular weight excluding hydrogens is 202 g/mol. The largest absolute Gasteiger partial charge is 0.481 e. The molecule has 0 saturated carbocycles. The van der Waals surface area contributed by atoms with E-state index < -0.39 is 17.5 Å². The van der Waals surface area contributed by atoms with E-state index >= 15 is 0 Å². The molecule has 0 aromatic heterocycles. The summed E-state index contributed by atoms with van der Waals surface area (Å²) in [6.07, 6.45) is -0.378. The van der Waals surface area contributed by atoms with E-state index in [0.29, 0.717) is 12.8 Å². The second-order valence-electron chi connectivity index (χ2n) is 3.79. The minimum Gasteiger partial charge on any atom is -0.481 e. The number of carboxylic acids is 1. The van der Waals surface area contributed by atoms with E-state index in [2.05, 4.69) is 0 Å². The molecule has 0 spiro atoms. The van der Waals surface area contributed by atoms with Gasteiger partial charge < -0.3 is 19.8 Å². The Kier molecular flexibility index (Phi) is 3.52. The Morgan fingerprint density at radius 1 is 1.33 bits per heavy atom. The van der Waals surface area contributed by atoms with Gasteiger partial charge in [-0.3, -0.25) is 4.79 Å². The zero-order chi connectivity index (χ0) is 11.5. The van der Waals surface area contributed by atoms with Crippen LogP contribution in [0.5, 0.6) is 0 Å². The number of carbonyl (C=O) groups is 2.